The van der Waals surface area contributed by atoms with E-state index in [1.165, 1.54) is 30.9 Å². The fourth-order valence-electron chi connectivity index (χ4n) is 3.89. The molecular formula is C27H33N3O6. The minimum absolute atomic E-state index is 0.0622. The first kappa shape index (κ1) is 26.6. The van der Waals surface area contributed by atoms with Gasteiger partial charge < -0.3 is 14.3 Å². The van der Waals surface area contributed by atoms with Crippen LogP contribution in [0.4, 0.5) is 10.5 Å². The van der Waals surface area contributed by atoms with Crippen molar-refractivity contribution in [3.63, 3.8) is 0 Å². The average Bonchev–Trinajstić information content (AvgIpc) is 3.25. The van der Waals surface area contributed by atoms with Crippen molar-refractivity contribution >= 4 is 34.5 Å². The third-order valence-corrected chi connectivity index (χ3v) is 5.82. The highest BCUT2D eigenvalue weighted by atomic mass is 16.7. The number of aromatic nitrogens is 1. The Bertz CT molecular complexity index is 1240. The number of nitrogens with zero attached hydrogens (tertiary/aromatic N) is 3. The normalized spacial score (nSPS) is 10.7. The van der Waals surface area contributed by atoms with Crippen molar-refractivity contribution in [3.8, 4) is 11.5 Å². The minimum Gasteiger partial charge on any atom is -0.494 e. The van der Waals surface area contributed by atoms with Crippen LogP contribution < -0.4 is 19.2 Å². The van der Waals surface area contributed by atoms with Crippen LogP contribution in [0.3, 0.4) is 0 Å². The van der Waals surface area contributed by atoms with Crippen LogP contribution in [-0.4, -0.2) is 55.3 Å². The Balaban J connectivity index is 2.06. The van der Waals surface area contributed by atoms with E-state index in [0.717, 1.165) is 16.9 Å². The molecule has 0 fully saturated rings. The lowest BCUT2D eigenvalue weighted by molar-refractivity contribution is -0.143. The van der Waals surface area contributed by atoms with Crippen LogP contribution in [0.25, 0.3) is 10.9 Å². The van der Waals surface area contributed by atoms with Crippen molar-refractivity contribution in [2.45, 2.75) is 40.0 Å². The van der Waals surface area contributed by atoms with Gasteiger partial charge in [0.05, 0.1) is 19.7 Å². The number of benzene rings is 2. The Labute approximate surface area is 211 Å². The van der Waals surface area contributed by atoms with E-state index in [0.29, 0.717) is 41.1 Å². The van der Waals surface area contributed by atoms with Gasteiger partial charge in [-0.15, -0.1) is 0 Å². The summed E-state index contributed by atoms with van der Waals surface area (Å²) in [5.74, 6) is -0.198. The van der Waals surface area contributed by atoms with E-state index < -0.39 is 17.9 Å². The van der Waals surface area contributed by atoms with Gasteiger partial charge in [0, 0.05) is 25.4 Å². The van der Waals surface area contributed by atoms with Crippen LogP contribution in [0.1, 0.15) is 49.2 Å². The summed E-state index contributed by atoms with van der Waals surface area (Å²) in [5.41, 5.74) is 1.96. The molecule has 0 saturated carbocycles. The lowest BCUT2D eigenvalue weighted by Gasteiger charge is -2.30. The van der Waals surface area contributed by atoms with Gasteiger partial charge >= 0.3 is 12.0 Å². The molecule has 2 aromatic carbocycles. The number of rotatable bonds is 9. The van der Waals surface area contributed by atoms with Crippen molar-refractivity contribution in [2.75, 3.05) is 32.7 Å². The monoisotopic (exact) mass is 495 g/mol. The Kier molecular flexibility index (Phi) is 8.58. The van der Waals surface area contributed by atoms with E-state index in [1.54, 1.807) is 31.2 Å². The Morgan fingerprint density at radius 3 is 2.19 bits per heavy atom. The third-order valence-electron chi connectivity index (χ3n) is 5.82. The first-order valence-corrected chi connectivity index (χ1v) is 11.9. The molecule has 0 radical (unpaired) electrons. The third kappa shape index (κ3) is 5.30. The molecule has 3 amide bonds. The molecular weight excluding hydrogens is 462 g/mol. The minimum atomic E-state index is -0.619. The molecule has 0 atom stereocenters. The summed E-state index contributed by atoms with van der Waals surface area (Å²) in [6.45, 7) is 5.93. The summed E-state index contributed by atoms with van der Waals surface area (Å²) < 4.78 is 12.4. The molecule has 0 spiro atoms. The summed E-state index contributed by atoms with van der Waals surface area (Å²) in [6, 6.07) is 11.8. The van der Waals surface area contributed by atoms with E-state index in [1.807, 2.05) is 32.0 Å². The lowest BCUT2D eigenvalue weighted by Crippen LogP contribution is -2.45. The molecule has 1 heterocycles. The molecule has 9 heteroatoms. The number of imide groups is 1. The molecule has 0 N–H and O–H groups in total. The number of fused-ring (bicyclic) bond motifs is 1. The number of carbonyl (C=O) groups excluding carboxylic acids is 3. The summed E-state index contributed by atoms with van der Waals surface area (Å²) in [7, 11) is 4.45. The van der Waals surface area contributed by atoms with Crippen molar-refractivity contribution in [1.29, 1.82) is 0 Å². The van der Waals surface area contributed by atoms with Gasteiger partial charge in [-0.2, -0.15) is 4.73 Å². The molecule has 0 unspecified atom stereocenters. The predicted octanol–water partition coefficient (Wildman–Crippen LogP) is 4.83. The highest BCUT2D eigenvalue weighted by Crippen LogP contribution is 2.40. The van der Waals surface area contributed by atoms with Gasteiger partial charge in [0.25, 0.3) is 5.91 Å². The predicted molar refractivity (Wildman–Crippen MR) is 138 cm³/mol. The summed E-state index contributed by atoms with van der Waals surface area (Å²) in [4.78, 5) is 47.5. The second kappa shape index (κ2) is 11.6. The smallest absolute Gasteiger partial charge is 0.332 e. The number of hydrogen-bond donors (Lipinski definition) is 0. The van der Waals surface area contributed by atoms with Crippen molar-refractivity contribution in [1.82, 2.24) is 9.63 Å². The second-order valence-corrected chi connectivity index (χ2v) is 8.37. The number of carbonyl (C=O) groups is 3. The quantitative estimate of drug-likeness (QED) is 0.422. The topological polar surface area (TPSA) is 90.3 Å². The molecule has 1 aromatic heterocycles. The highest BCUT2D eigenvalue weighted by molar-refractivity contribution is 6.10. The second-order valence-electron chi connectivity index (χ2n) is 8.37. The largest absolute Gasteiger partial charge is 0.494 e. The van der Waals surface area contributed by atoms with Gasteiger partial charge in [-0.05, 0) is 43.2 Å². The molecule has 3 rings (SSSR count). The number of ether oxygens (including phenoxy) is 2. The number of para-hydroxylation sites is 1. The van der Waals surface area contributed by atoms with Gasteiger partial charge in [0.2, 0.25) is 0 Å². The Morgan fingerprint density at radius 1 is 0.972 bits per heavy atom. The van der Waals surface area contributed by atoms with Gasteiger partial charge in [0.15, 0.2) is 0 Å². The zero-order valence-corrected chi connectivity index (χ0v) is 21.7. The number of unbranched alkanes of at least 4 members (excludes halogenated alkanes) is 1. The van der Waals surface area contributed by atoms with Crippen LogP contribution in [0, 0.1) is 6.92 Å². The van der Waals surface area contributed by atoms with E-state index in [9.17, 15) is 14.4 Å². The lowest BCUT2D eigenvalue weighted by atomic mass is 10.1. The molecule has 0 saturated heterocycles. The SMILES string of the molecule is CCCCN(C(=O)N(C)C(=O)c1cc2ccccc2n1OC(=O)CC)c1c(OC)cc(C)cc1OC. The van der Waals surface area contributed by atoms with Crippen molar-refractivity contribution in [3.05, 3.63) is 53.7 Å². The van der Waals surface area contributed by atoms with E-state index in [-0.39, 0.29) is 12.1 Å². The number of hydrogen-bond acceptors (Lipinski definition) is 6. The maximum absolute atomic E-state index is 13.8. The van der Waals surface area contributed by atoms with Crippen LogP contribution in [0.5, 0.6) is 11.5 Å². The van der Waals surface area contributed by atoms with E-state index >= 15 is 0 Å². The number of anilines is 1. The molecule has 9 nitrogen and oxygen atoms in total. The number of methoxy groups -OCH3 is 2. The highest BCUT2D eigenvalue weighted by Gasteiger charge is 2.31. The molecule has 36 heavy (non-hydrogen) atoms. The zero-order valence-electron chi connectivity index (χ0n) is 21.7. The molecule has 0 bridgehead atoms. The van der Waals surface area contributed by atoms with E-state index in [4.69, 9.17) is 14.3 Å². The maximum Gasteiger partial charge on any atom is 0.332 e. The zero-order chi connectivity index (χ0) is 26.4. The van der Waals surface area contributed by atoms with Crippen LogP contribution >= 0.6 is 0 Å². The van der Waals surface area contributed by atoms with Crippen molar-refractivity contribution in [2.24, 2.45) is 0 Å². The fourth-order valence-corrected chi connectivity index (χ4v) is 3.89. The Hall–Kier alpha value is -4.01. The van der Waals surface area contributed by atoms with Gasteiger partial charge in [-0.1, -0.05) is 38.5 Å². The van der Waals surface area contributed by atoms with Crippen LogP contribution in [0.2, 0.25) is 0 Å². The molecule has 0 aliphatic rings. The maximum atomic E-state index is 13.8. The average molecular weight is 496 g/mol. The molecule has 3 aromatic rings. The van der Waals surface area contributed by atoms with Crippen molar-refractivity contribution < 1.29 is 28.7 Å². The standard InChI is InChI=1S/C27H33N3O6/c1-7-9-14-29(25-22(34-5)15-18(3)16-23(25)35-6)27(33)28(4)26(32)21-17-19-12-10-11-13-20(19)30(21)36-24(31)8-2/h10-13,15-17H,7-9,14H2,1-6H3. The summed E-state index contributed by atoms with van der Waals surface area (Å²) >= 11 is 0. The molecule has 192 valence electrons. The number of amides is 3. The molecule has 0 aliphatic heterocycles. The van der Waals surface area contributed by atoms with Gasteiger partial charge in [-0.3, -0.25) is 14.6 Å². The van der Waals surface area contributed by atoms with Gasteiger partial charge in [0.1, 0.15) is 22.9 Å². The first-order valence-electron chi connectivity index (χ1n) is 11.9. The Morgan fingerprint density at radius 2 is 1.61 bits per heavy atom. The molecule has 0 aliphatic carbocycles. The summed E-state index contributed by atoms with van der Waals surface area (Å²) in [5, 5.41) is 0.704. The van der Waals surface area contributed by atoms with Crippen LogP contribution in [0.15, 0.2) is 42.5 Å². The summed E-state index contributed by atoms with van der Waals surface area (Å²) in [6.07, 6.45) is 1.66. The fraction of sp³-hybridized carbons (Fsp3) is 0.370. The van der Waals surface area contributed by atoms with Crippen LogP contribution in [-0.2, 0) is 4.79 Å². The number of aryl methyl sites for hydroxylation is 1. The number of urea groups is 1. The van der Waals surface area contributed by atoms with Gasteiger partial charge in [-0.25, -0.2) is 9.59 Å². The first-order chi connectivity index (χ1) is 17.3. The van der Waals surface area contributed by atoms with E-state index in [2.05, 4.69) is 0 Å².